The van der Waals surface area contributed by atoms with Crippen LogP contribution in [0.5, 0.6) is 11.5 Å². The standard InChI is InChI=1S/C18H21N3O4/c22-18(17-12-24-15-3-1-2-4-16(15)25-17)20-14-9-19-21(11-14)10-13-5-7-23-8-6-13/h1-4,9,11,13,17H,5-8,10,12H2,(H,20,22). The average molecular weight is 343 g/mol. The molecule has 0 bridgehead atoms. The van der Waals surface area contributed by atoms with Crippen LogP contribution in [0.3, 0.4) is 0 Å². The Hall–Kier alpha value is -2.54. The zero-order chi connectivity index (χ0) is 17.1. The summed E-state index contributed by atoms with van der Waals surface area (Å²) in [4.78, 5) is 12.4. The first kappa shape index (κ1) is 16.0. The summed E-state index contributed by atoms with van der Waals surface area (Å²) in [5.74, 6) is 1.59. The summed E-state index contributed by atoms with van der Waals surface area (Å²) >= 11 is 0. The number of fused-ring (bicyclic) bond motifs is 1. The Labute approximate surface area is 145 Å². The zero-order valence-electron chi connectivity index (χ0n) is 13.9. The molecule has 1 fully saturated rings. The third-order valence-corrected chi connectivity index (χ3v) is 4.49. The number of amides is 1. The average Bonchev–Trinajstić information content (AvgIpc) is 3.09. The number of hydrogen-bond acceptors (Lipinski definition) is 5. The zero-order valence-corrected chi connectivity index (χ0v) is 13.9. The number of nitrogens with one attached hydrogen (secondary N) is 1. The van der Waals surface area contributed by atoms with Crippen LogP contribution in [0.1, 0.15) is 12.8 Å². The summed E-state index contributed by atoms with van der Waals surface area (Å²) in [6.45, 7) is 2.67. The quantitative estimate of drug-likeness (QED) is 0.920. The molecule has 4 rings (SSSR count). The molecule has 1 atom stereocenters. The van der Waals surface area contributed by atoms with Crippen LogP contribution in [-0.4, -0.2) is 41.6 Å². The van der Waals surface area contributed by atoms with Crippen molar-refractivity contribution in [3.8, 4) is 11.5 Å². The van der Waals surface area contributed by atoms with Crippen molar-refractivity contribution in [2.75, 3.05) is 25.1 Å². The van der Waals surface area contributed by atoms with Gasteiger partial charge < -0.3 is 19.5 Å². The minimum Gasteiger partial charge on any atom is -0.485 e. The lowest BCUT2D eigenvalue weighted by Crippen LogP contribution is -2.40. The molecule has 25 heavy (non-hydrogen) atoms. The van der Waals surface area contributed by atoms with Gasteiger partial charge in [-0.1, -0.05) is 12.1 Å². The number of hydrogen-bond donors (Lipinski definition) is 1. The maximum Gasteiger partial charge on any atom is 0.269 e. The van der Waals surface area contributed by atoms with Gasteiger partial charge in [-0.25, -0.2) is 0 Å². The van der Waals surface area contributed by atoms with Crippen molar-refractivity contribution in [1.29, 1.82) is 0 Å². The lowest BCUT2D eigenvalue weighted by molar-refractivity contribution is -0.125. The summed E-state index contributed by atoms with van der Waals surface area (Å²) in [6.07, 6.45) is 4.94. The highest BCUT2D eigenvalue weighted by Gasteiger charge is 2.27. The highest BCUT2D eigenvalue weighted by molar-refractivity contribution is 5.94. The van der Waals surface area contributed by atoms with E-state index in [4.69, 9.17) is 14.2 Å². The van der Waals surface area contributed by atoms with E-state index in [0.29, 0.717) is 23.1 Å². The lowest BCUT2D eigenvalue weighted by atomic mass is 10.0. The molecule has 2 aliphatic rings. The first-order chi connectivity index (χ1) is 12.3. The Morgan fingerprint density at radius 3 is 2.88 bits per heavy atom. The molecule has 1 N–H and O–H groups in total. The van der Waals surface area contributed by atoms with Gasteiger partial charge in [0.15, 0.2) is 11.5 Å². The Bertz CT molecular complexity index is 739. The van der Waals surface area contributed by atoms with Gasteiger partial charge in [0.1, 0.15) is 6.61 Å². The van der Waals surface area contributed by atoms with E-state index in [0.717, 1.165) is 32.6 Å². The summed E-state index contributed by atoms with van der Waals surface area (Å²) in [6, 6.07) is 7.34. The fourth-order valence-corrected chi connectivity index (χ4v) is 3.09. The number of aromatic nitrogens is 2. The lowest BCUT2D eigenvalue weighted by Gasteiger charge is -2.25. The Morgan fingerprint density at radius 1 is 1.24 bits per heavy atom. The molecule has 3 heterocycles. The summed E-state index contributed by atoms with van der Waals surface area (Å²) in [5, 5.41) is 7.18. The second-order valence-corrected chi connectivity index (χ2v) is 6.36. The van der Waals surface area contributed by atoms with E-state index in [-0.39, 0.29) is 12.5 Å². The summed E-state index contributed by atoms with van der Waals surface area (Å²) in [7, 11) is 0. The molecule has 132 valence electrons. The summed E-state index contributed by atoms with van der Waals surface area (Å²) in [5.41, 5.74) is 0.666. The number of nitrogens with zero attached hydrogens (tertiary/aromatic N) is 2. The highest BCUT2D eigenvalue weighted by Crippen LogP contribution is 2.31. The topological polar surface area (TPSA) is 74.6 Å². The monoisotopic (exact) mass is 343 g/mol. The van der Waals surface area contributed by atoms with Crippen molar-refractivity contribution in [3.05, 3.63) is 36.7 Å². The fraction of sp³-hybridized carbons (Fsp3) is 0.444. The van der Waals surface area contributed by atoms with Gasteiger partial charge in [-0.15, -0.1) is 0 Å². The smallest absolute Gasteiger partial charge is 0.269 e. The van der Waals surface area contributed by atoms with E-state index in [1.807, 2.05) is 29.1 Å². The molecule has 1 saturated heterocycles. The maximum absolute atomic E-state index is 12.4. The van der Waals surface area contributed by atoms with E-state index >= 15 is 0 Å². The number of benzene rings is 1. The maximum atomic E-state index is 12.4. The number of carbonyl (C=O) groups excluding carboxylic acids is 1. The minimum absolute atomic E-state index is 0.194. The van der Waals surface area contributed by atoms with Gasteiger partial charge in [0.25, 0.3) is 5.91 Å². The van der Waals surface area contributed by atoms with Crippen LogP contribution in [0.2, 0.25) is 0 Å². The number of ether oxygens (including phenoxy) is 3. The molecule has 1 aromatic heterocycles. The molecule has 2 aliphatic heterocycles. The van der Waals surface area contributed by atoms with E-state index in [1.54, 1.807) is 12.3 Å². The first-order valence-electron chi connectivity index (χ1n) is 8.57. The van der Waals surface area contributed by atoms with Crippen molar-refractivity contribution < 1.29 is 19.0 Å². The third kappa shape index (κ3) is 3.76. The molecule has 0 spiro atoms. The largest absolute Gasteiger partial charge is 0.485 e. The Kier molecular flexibility index (Phi) is 4.56. The molecule has 0 radical (unpaired) electrons. The number of rotatable bonds is 4. The van der Waals surface area contributed by atoms with Gasteiger partial charge in [0.05, 0.1) is 11.9 Å². The van der Waals surface area contributed by atoms with Crippen molar-refractivity contribution >= 4 is 11.6 Å². The van der Waals surface area contributed by atoms with Gasteiger partial charge >= 0.3 is 0 Å². The van der Waals surface area contributed by atoms with Gasteiger partial charge in [-0.2, -0.15) is 5.10 Å². The van der Waals surface area contributed by atoms with Crippen molar-refractivity contribution in [1.82, 2.24) is 9.78 Å². The highest BCUT2D eigenvalue weighted by atomic mass is 16.6. The molecular formula is C18H21N3O4. The van der Waals surface area contributed by atoms with Crippen LogP contribution in [0.4, 0.5) is 5.69 Å². The molecule has 0 aliphatic carbocycles. The molecule has 0 saturated carbocycles. The Morgan fingerprint density at radius 2 is 2.04 bits per heavy atom. The van der Waals surface area contributed by atoms with Crippen molar-refractivity contribution in [2.45, 2.75) is 25.5 Å². The van der Waals surface area contributed by atoms with E-state index < -0.39 is 6.10 Å². The number of carbonyl (C=O) groups is 1. The van der Waals surface area contributed by atoms with Crippen LogP contribution in [0.15, 0.2) is 36.7 Å². The molecule has 7 heteroatoms. The third-order valence-electron chi connectivity index (χ3n) is 4.49. The van der Waals surface area contributed by atoms with Gasteiger partial charge in [-0.05, 0) is 30.9 Å². The second-order valence-electron chi connectivity index (χ2n) is 6.36. The minimum atomic E-state index is -0.672. The van der Waals surface area contributed by atoms with Crippen LogP contribution in [-0.2, 0) is 16.1 Å². The SMILES string of the molecule is O=C(Nc1cnn(CC2CCOCC2)c1)C1COc2ccccc2O1. The molecule has 1 aromatic carbocycles. The van der Waals surface area contributed by atoms with E-state index in [1.165, 1.54) is 0 Å². The van der Waals surface area contributed by atoms with Crippen molar-refractivity contribution in [3.63, 3.8) is 0 Å². The first-order valence-corrected chi connectivity index (χ1v) is 8.57. The number of para-hydroxylation sites is 2. The Balaban J connectivity index is 1.34. The normalized spacial score (nSPS) is 20.2. The number of anilines is 1. The van der Waals surface area contributed by atoms with Crippen molar-refractivity contribution in [2.24, 2.45) is 5.92 Å². The molecule has 7 nitrogen and oxygen atoms in total. The molecule has 1 unspecified atom stereocenters. The predicted octanol–water partition coefficient (Wildman–Crippen LogP) is 2.09. The van der Waals surface area contributed by atoms with Crippen LogP contribution in [0, 0.1) is 5.92 Å². The molecule has 1 amide bonds. The van der Waals surface area contributed by atoms with E-state index in [9.17, 15) is 4.79 Å². The van der Waals surface area contributed by atoms with Crippen LogP contribution < -0.4 is 14.8 Å². The van der Waals surface area contributed by atoms with Gasteiger partial charge in [0, 0.05) is 26.0 Å². The van der Waals surface area contributed by atoms with Crippen LogP contribution in [0.25, 0.3) is 0 Å². The van der Waals surface area contributed by atoms with Gasteiger partial charge in [0.2, 0.25) is 6.10 Å². The molecule has 2 aromatic rings. The second kappa shape index (κ2) is 7.14. The molecular weight excluding hydrogens is 322 g/mol. The summed E-state index contributed by atoms with van der Waals surface area (Å²) < 4.78 is 18.5. The van der Waals surface area contributed by atoms with Crippen LogP contribution >= 0.6 is 0 Å². The van der Waals surface area contributed by atoms with Gasteiger partial charge in [-0.3, -0.25) is 9.48 Å². The predicted molar refractivity (Wildman–Crippen MR) is 90.8 cm³/mol. The fourth-order valence-electron chi connectivity index (χ4n) is 3.09. The van der Waals surface area contributed by atoms with E-state index in [2.05, 4.69) is 10.4 Å².